The summed E-state index contributed by atoms with van der Waals surface area (Å²) in [4.78, 5) is 16.7. The fourth-order valence-electron chi connectivity index (χ4n) is 3.91. The quantitative estimate of drug-likeness (QED) is 0.810. The van der Waals surface area contributed by atoms with Crippen molar-refractivity contribution in [1.29, 1.82) is 0 Å². The van der Waals surface area contributed by atoms with E-state index in [1.54, 1.807) is 12.3 Å². The van der Waals surface area contributed by atoms with E-state index in [0.717, 1.165) is 37.9 Å². The number of nitrogens with zero attached hydrogens (tertiary/aromatic N) is 3. The van der Waals surface area contributed by atoms with Gasteiger partial charge in [0, 0.05) is 24.5 Å². The van der Waals surface area contributed by atoms with Gasteiger partial charge in [0.1, 0.15) is 0 Å². The lowest BCUT2D eigenvalue weighted by Gasteiger charge is -2.29. The molecule has 6 heteroatoms. The molecule has 0 unspecified atom stereocenters. The van der Waals surface area contributed by atoms with Crippen LogP contribution in [0.1, 0.15) is 72.9 Å². The third-order valence-electron chi connectivity index (χ3n) is 5.44. The van der Waals surface area contributed by atoms with Gasteiger partial charge in [0.2, 0.25) is 0 Å². The largest absolute Gasteiger partial charge is 0.349 e. The van der Waals surface area contributed by atoms with Crippen LogP contribution in [0, 0.1) is 19.8 Å². The molecule has 0 saturated heterocycles. The van der Waals surface area contributed by atoms with Crippen LogP contribution in [0.2, 0.25) is 5.02 Å². The van der Waals surface area contributed by atoms with E-state index in [0.29, 0.717) is 28.1 Å². The first-order chi connectivity index (χ1) is 12.8. The van der Waals surface area contributed by atoms with Crippen molar-refractivity contribution >= 4 is 17.5 Å². The van der Waals surface area contributed by atoms with Crippen LogP contribution >= 0.6 is 11.6 Å². The van der Waals surface area contributed by atoms with Crippen LogP contribution in [0.4, 0.5) is 0 Å². The Kier molecular flexibility index (Phi) is 6.20. The van der Waals surface area contributed by atoms with Crippen LogP contribution in [0.3, 0.4) is 0 Å². The average Bonchev–Trinajstić information content (AvgIpc) is 2.99. The van der Waals surface area contributed by atoms with Gasteiger partial charge in [-0.2, -0.15) is 5.10 Å². The Balaban J connectivity index is 1.55. The first-order valence-electron chi connectivity index (χ1n) is 9.81. The van der Waals surface area contributed by atoms with Gasteiger partial charge in [-0.05, 0) is 63.5 Å². The number of carbonyl (C=O) groups is 1. The van der Waals surface area contributed by atoms with E-state index in [9.17, 15) is 4.79 Å². The molecule has 1 amide bonds. The third kappa shape index (κ3) is 4.89. The second-order valence-electron chi connectivity index (χ2n) is 8.03. The lowest BCUT2D eigenvalue weighted by molar-refractivity contribution is 0.0919. The van der Waals surface area contributed by atoms with Gasteiger partial charge in [-0.3, -0.25) is 14.5 Å². The van der Waals surface area contributed by atoms with Crippen LogP contribution in [-0.4, -0.2) is 26.7 Å². The van der Waals surface area contributed by atoms with Crippen LogP contribution in [0.5, 0.6) is 0 Å². The summed E-state index contributed by atoms with van der Waals surface area (Å²) in [5.74, 6) is 1.02. The molecule has 0 radical (unpaired) electrons. The Labute approximate surface area is 166 Å². The van der Waals surface area contributed by atoms with Crippen LogP contribution in [0.25, 0.3) is 0 Å². The van der Waals surface area contributed by atoms with Crippen molar-refractivity contribution in [2.75, 3.05) is 0 Å². The molecule has 1 aliphatic rings. The van der Waals surface area contributed by atoms with Crippen molar-refractivity contribution < 1.29 is 4.79 Å². The predicted octanol–water partition coefficient (Wildman–Crippen LogP) is 4.66. The Morgan fingerprint density at radius 3 is 2.63 bits per heavy atom. The molecule has 0 spiro atoms. The van der Waals surface area contributed by atoms with Crippen molar-refractivity contribution in [1.82, 2.24) is 20.1 Å². The summed E-state index contributed by atoms with van der Waals surface area (Å²) < 4.78 is 2.19. The molecule has 2 aromatic rings. The first kappa shape index (κ1) is 19.9. The zero-order valence-electron chi connectivity index (χ0n) is 16.6. The van der Waals surface area contributed by atoms with Crippen LogP contribution in [0.15, 0.2) is 18.3 Å². The second-order valence-corrected chi connectivity index (χ2v) is 8.46. The van der Waals surface area contributed by atoms with Gasteiger partial charge in [0.05, 0.1) is 22.0 Å². The molecule has 2 aromatic heterocycles. The van der Waals surface area contributed by atoms with E-state index < -0.39 is 0 Å². The fraction of sp³-hybridized carbons (Fsp3) is 0.571. The Morgan fingerprint density at radius 2 is 1.96 bits per heavy atom. The summed E-state index contributed by atoms with van der Waals surface area (Å²) in [6, 6.07) is 4.10. The molecule has 1 fully saturated rings. The lowest BCUT2D eigenvalue weighted by atomic mass is 9.85. The van der Waals surface area contributed by atoms with Crippen LogP contribution < -0.4 is 5.32 Å². The number of hydrogen-bond acceptors (Lipinski definition) is 3. The molecule has 2 heterocycles. The minimum absolute atomic E-state index is 0.0734. The topological polar surface area (TPSA) is 59.8 Å². The summed E-state index contributed by atoms with van der Waals surface area (Å²) in [6.45, 7) is 9.29. The molecule has 5 nitrogen and oxygen atoms in total. The van der Waals surface area contributed by atoms with Crippen molar-refractivity contribution in [2.24, 2.45) is 5.92 Å². The van der Waals surface area contributed by atoms with Crippen molar-refractivity contribution in [2.45, 2.75) is 71.9 Å². The summed E-state index contributed by atoms with van der Waals surface area (Å²) >= 11 is 5.99. The second kappa shape index (κ2) is 8.42. The number of aryl methyl sites for hydroxylation is 2. The smallest absolute Gasteiger partial charge is 0.253 e. The highest BCUT2D eigenvalue weighted by molar-refractivity contribution is 6.30. The molecular weight excluding hydrogens is 360 g/mol. The Morgan fingerprint density at radius 1 is 1.26 bits per heavy atom. The normalized spacial score (nSPS) is 20.1. The van der Waals surface area contributed by atoms with Gasteiger partial charge >= 0.3 is 0 Å². The van der Waals surface area contributed by atoms with Gasteiger partial charge in [-0.1, -0.05) is 25.4 Å². The minimum atomic E-state index is -0.0734. The van der Waals surface area contributed by atoms with E-state index in [2.05, 4.69) is 46.9 Å². The molecule has 1 saturated carbocycles. The zero-order valence-corrected chi connectivity index (χ0v) is 17.4. The number of carbonyl (C=O) groups excluding carboxylic acids is 1. The standard InChI is InChI=1S/C21H29ClN4O/c1-13(2)20-9-14(3)25-26(20)12-16-5-7-18(8-6-16)24-21(27)19-10-17(22)11-23-15(19)4/h9-11,13,16,18H,5-8,12H2,1-4H3,(H,24,27). The summed E-state index contributed by atoms with van der Waals surface area (Å²) in [6.07, 6.45) is 5.78. The number of pyridine rings is 1. The molecule has 3 rings (SSSR count). The zero-order chi connectivity index (χ0) is 19.6. The SMILES string of the molecule is Cc1cc(C(C)C)n(CC2CCC(NC(=O)c3cc(Cl)cnc3C)CC2)n1. The van der Waals surface area contributed by atoms with Crippen LogP contribution in [-0.2, 0) is 6.54 Å². The highest BCUT2D eigenvalue weighted by Gasteiger charge is 2.25. The number of aromatic nitrogens is 3. The first-order valence-corrected chi connectivity index (χ1v) is 10.2. The monoisotopic (exact) mass is 388 g/mol. The van der Waals surface area contributed by atoms with Crippen molar-refractivity contribution in [3.8, 4) is 0 Å². The Bertz CT molecular complexity index is 807. The molecule has 0 atom stereocenters. The van der Waals surface area contributed by atoms with Gasteiger partial charge in [-0.25, -0.2) is 0 Å². The number of hydrogen-bond donors (Lipinski definition) is 1. The molecule has 27 heavy (non-hydrogen) atoms. The van der Waals surface area contributed by atoms with E-state index in [1.165, 1.54) is 5.69 Å². The van der Waals surface area contributed by atoms with E-state index in [1.807, 2.05) is 6.92 Å². The van der Waals surface area contributed by atoms with E-state index >= 15 is 0 Å². The molecule has 0 bridgehead atoms. The predicted molar refractivity (Wildman–Crippen MR) is 108 cm³/mol. The number of amides is 1. The number of halogens is 1. The number of nitrogens with one attached hydrogen (secondary N) is 1. The van der Waals surface area contributed by atoms with Crippen molar-refractivity contribution in [3.05, 3.63) is 46.0 Å². The van der Waals surface area contributed by atoms with Gasteiger partial charge in [0.15, 0.2) is 0 Å². The molecule has 0 aliphatic heterocycles. The molecular formula is C21H29ClN4O. The van der Waals surface area contributed by atoms with Gasteiger partial charge in [0.25, 0.3) is 5.91 Å². The molecule has 0 aromatic carbocycles. The number of rotatable bonds is 5. The maximum absolute atomic E-state index is 12.6. The molecule has 1 N–H and O–H groups in total. The maximum Gasteiger partial charge on any atom is 0.253 e. The van der Waals surface area contributed by atoms with E-state index in [-0.39, 0.29) is 11.9 Å². The maximum atomic E-state index is 12.6. The summed E-state index contributed by atoms with van der Waals surface area (Å²) in [5.41, 5.74) is 3.68. The molecule has 1 aliphatic carbocycles. The highest BCUT2D eigenvalue weighted by Crippen LogP contribution is 2.27. The third-order valence-corrected chi connectivity index (χ3v) is 5.64. The average molecular weight is 389 g/mol. The van der Waals surface area contributed by atoms with Crippen molar-refractivity contribution in [3.63, 3.8) is 0 Å². The summed E-state index contributed by atoms with van der Waals surface area (Å²) in [7, 11) is 0. The lowest BCUT2D eigenvalue weighted by Crippen LogP contribution is -2.38. The van der Waals surface area contributed by atoms with E-state index in [4.69, 9.17) is 11.6 Å². The summed E-state index contributed by atoms with van der Waals surface area (Å²) in [5, 5.41) is 8.33. The van der Waals surface area contributed by atoms with Gasteiger partial charge in [-0.15, -0.1) is 0 Å². The fourth-order valence-corrected chi connectivity index (χ4v) is 4.07. The molecule has 146 valence electrons. The highest BCUT2D eigenvalue weighted by atomic mass is 35.5. The van der Waals surface area contributed by atoms with Gasteiger partial charge < -0.3 is 5.32 Å². The Hall–Kier alpha value is -1.88. The minimum Gasteiger partial charge on any atom is -0.349 e.